The molecule has 146 valence electrons. The molecule has 1 aromatic heterocycles. The number of amides is 2. The van der Waals surface area contributed by atoms with Gasteiger partial charge in [0.05, 0.1) is 12.1 Å². The van der Waals surface area contributed by atoms with E-state index in [0.717, 1.165) is 57.8 Å². The monoisotopic (exact) mass is 374 g/mol. The number of pyridine rings is 1. The number of likely N-dealkylation sites (tertiary alicyclic amines) is 2. The van der Waals surface area contributed by atoms with E-state index in [0.29, 0.717) is 30.9 Å². The van der Waals surface area contributed by atoms with Crippen LogP contribution in [0.5, 0.6) is 0 Å². The second kappa shape index (κ2) is 7.92. The topological polar surface area (TPSA) is 65.5 Å². The van der Waals surface area contributed by atoms with Gasteiger partial charge in [-0.15, -0.1) is 0 Å². The zero-order valence-electron chi connectivity index (χ0n) is 15.6. The molecule has 0 bridgehead atoms. The molecule has 3 aliphatic rings. The number of hydrogen-bond donors (Lipinski definition) is 1. The number of aromatic nitrogens is 1. The molecule has 1 aliphatic carbocycles. The molecule has 3 heterocycles. The number of piperidine rings is 2. The quantitative estimate of drug-likeness (QED) is 0.873. The van der Waals surface area contributed by atoms with Gasteiger partial charge < -0.3 is 10.2 Å². The summed E-state index contributed by atoms with van der Waals surface area (Å²) in [6.45, 7) is 3.22. The van der Waals surface area contributed by atoms with Gasteiger partial charge in [0.1, 0.15) is 11.5 Å². The largest absolute Gasteiger partial charge is 0.353 e. The Bertz CT molecular complexity index is 684. The average molecular weight is 374 g/mol. The van der Waals surface area contributed by atoms with E-state index in [1.165, 1.54) is 12.1 Å². The van der Waals surface area contributed by atoms with Gasteiger partial charge in [-0.25, -0.2) is 9.37 Å². The third-order valence-electron chi connectivity index (χ3n) is 5.96. The first-order valence-corrected chi connectivity index (χ1v) is 10.1. The Hall–Kier alpha value is -2.02. The lowest BCUT2D eigenvalue weighted by atomic mass is 9.93. The molecule has 27 heavy (non-hydrogen) atoms. The minimum atomic E-state index is -0.435. The predicted octanol–water partition coefficient (Wildman–Crippen LogP) is 1.82. The Balaban J connectivity index is 1.28. The van der Waals surface area contributed by atoms with Gasteiger partial charge in [-0.1, -0.05) is 0 Å². The molecule has 4 rings (SSSR count). The van der Waals surface area contributed by atoms with Crippen molar-refractivity contribution in [3.05, 3.63) is 29.8 Å². The molecule has 2 aliphatic heterocycles. The first kappa shape index (κ1) is 18.3. The smallest absolute Gasteiger partial charge is 0.272 e. The van der Waals surface area contributed by atoms with Crippen LogP contribution in [0.4, 0.5) is 4.39 Å². The highest BCUT2D eigenvalue weighted by atomic mass is 19.1. The van der Waals surface area contributed by atoms with Crippen molar-refractivity contribution >= 4 is 11.8 Å². The molecular weight excluding hydrogens is 347 g/mol. The van der Waals surface area contributed by atoms with Crippen molar-refractivity contribution in [1.29, 1.82) is 0 Å². The molecule has 1 aromatic rings. The van der Waals surface area contributed by atoms with E-state index < -0.39 is 5.82 Å². The maximum Gasteiger partial charge on any atom is 0.272 e. The highest BCUT2D eigenvalue weighted by Gasteiger charge is 2.34. The molecule has 0 unspecified atom stereocenters. The number of carbonyl (C=O) groups excluding carboxylic acids is 2. The second-order valence-corrected chi connectivity index (χ2v) is 8.00. The maximum absolute atomic E-state index is 13.0. The zero-order valence-corrected chi connectivity index (χ0v) is 15.6. The van der Waals surface area contributed by atoms with Gasteiger partial charge in [0.25, 0.3) is 5.91 Å². The molecule has 1 N–H and O–H groups in total. The normalized spacial score (nSPS) is 24.6. The van der Waals surface area contributed by atoms with Crippen LogP contribution in [0.3, 0.4) is 0 Å². The Morgan fingerprint density at radius 2 is 1.85 bits per heavy atom. The molecule has 2 amide bonds. The van der Waals surface area contributed by atoms with Gasteiger partial charge in [0, 0.05) is 31.7 Å². The van der Waals surface area contributed by atoms with Crippen LogP contribution in [-0.2, 0) is 4.79 Å². The van der Waals surface area contributed by atoms with E-state index in [4.69, 9.17) is 0 Å². The maximum atomic E-state index is 13.0. The Labute approximate surface area is 159 Å². The first-order chi connectivity index (χ1) is 13.1. The van der Waals surface area contributed by atoms with Crippen LogP contribution in [0.1, 0.15) is 49.0 Å². The second-order valence-electron chi connectivity index (χ2n) is 8.00. The van der Waals surface area contributed by atoms with E-state index in [1.807, 2.05) is 0 Å². The van der Waals surface area contributed by atoms with Crippen molar-refractivity contribution in [2.75, 3.05) is 26.2 Å². The van der Waals surface area contributed by atoms with E-state index in [2.05, 4.69) is 15.2 Å². The molecule has 2 saturated heterocycles. The van der Waals surface area contributed by atoms with Crippen molar-refractivity contribution in [2.24, 2.45) is 5.92 Å². The van der Waals surface area contributed by atoms with Crippen LogP contribution >= 0.6 is 0 Å². The lowest BCUT2D eigenvalue weighted by Crippen LogP contribution is -2.51. The lowest BCUT2D eigenvalue weighted by molar-refractivity contribution is -0.127. The molecule has 1 saturated carbocycles. The van der Waals surface area contributed by atoms with Gasteiger partial charge in [-0.3, -0.25) is 14.5 Å². The van der Waals surface area contributed by atoms with Crippen molar-refractivity contribution in [3.8, 4) is 0 Å². The van der Waals surface area contributed by atoms with Crippen LogP contribution in [0.2, 0.25) is 0 Å². The van der Waals surface area contributed by atoms with Gasteiger partial charge in [0.15, 0.2) is 0 Å². The van der Waals surface area contributed by atoms with Gasteiger partial charge in [-0.05, 0) is 57.2 Å². The standard InChI is InChI=1S/C20H27FN4O2/c21-15-3-6-18(22-12-15)20(27)24-10-7-17(8-11-24)25-9-1-2-14(13-25)19(26)23-16-4-5-16/h3,6,12,14,16-17H,1-2,4-5,7-11,13H2,(H,23,26)/t14-/m0/s1. The number of hydrogen-bond acceptors (Lipinski definition) is 4. The summed E-state index contributed by atoms with van der Waals surface area (Å²) in [6, 6.07) is 3.55. The third kappa shape index (κ3) is 4.46. The third-order valence-corrected chi connectivity index (χ3v) is 5.96. The van der Waals surface area contributed by atoms with Crippen LogP contribution in [-0.4, -0.2) is 64.9 Å². The summed E-state index contributed by atoms with van der Waals surface area (Å²) in [6.07, 6.45) is 7.17. The van der Waals surface area contributed by atoms with Gasteiger partial charge in [-0.2, -0.15) is 0 Å². The summed E-state index contributed by atoms with van der Waals surface area (Å²) in [7, 11) is 0. The van der Waals surface area contributed by atoms with E-state index in [-0.39, 0.29) is 17.7 Å². The van der Waals surface area contributed by atoms with Crippen molar-refractivity contribution in [3.63, 3.8) is 0 Å². The summed E-state index contributed by atoms with van der Waals surface area (Å²) in [4.78, 5) is 33.0. The number of nitrogens with one attached hydrogen (secondary N) is 1. The van der Waals surface area contributed by atoms with Crippen LogP contribution in [0, 0.1) is 11.7 Å². The molecule has 0 spiro atoms. The van der Waals surface area contributed by atoms with Crippen molar-refractivity contribution < 1.29 is 14.0 Å². The molecule has 6 nitrogen and oxygen atoms in total. The SMILES string of the molecule is O=C(NC1CC1)[C@H]1CCCN(C2CCN(C(=O)c3ccc(F)cn3)CC2)C1. The lowest BCUT2D eigenvalue weighted by Gasteiger charge is -2.42. The summed E-state index contributed by atoms with van der Waals surface area (Å²) in [5, 5.41) is 3.14. The number of rotatable bonds is 4. The molecule has 3 fully saturated rings. The average Bonchev–Trinajstić information content (AvgIpc) is 3.52. The summed E-state index contributed by atoms with van der Waals surface area (Å²) in [5.41, 5.74) is 0.296. The summed E-state index contributed by atoms with van der Waals surface area (Å²) in [5.74, 6) is -0.246. The minimum absolute atomic E-state index is 0.0995. The van der Waals surface area contributed by atoms with Crippen LogP contribution in [0.25, 0.3) is 0 Å². The van der Waals surface area contributed by atoms with Crippen LogP contribution < -0.4 is 5.32 Å². The Morgan fingerprint density at radius 1 is 1.07 bits per heavy atom. The fourth-order valence-electron chi connectivity index (χ4n) is 4.20. The molecule has 1 atom stereocenters. The summed E-state index contributed by atoms with van der Waals surface area (Å²) < 4.78 is 13.0. The van der Waals surface area contributed by atoms with Crippen LogP contribution in [0.15, 0.2) is 18.3 Å². The highest BCUT2D eigenvalue weighted by Crippen LogP contribution is 2.26. The van der Waals surface area contributed by atoms with E-state index in [9.17, 15) is 14.0 Å². The van der Waals surface area contributed by atoms with Crippen molar-refractivity contribution in [2.45, 2.75) is 50.6 Å². The molecule has 7 heteroatoms. The number of carbonyl (C=O) groups is 2. The first-order valence-electron chi connectivity index (χ1n) is 10.1. The zero-order chi connectivity index (χ0) is 18.8. The number of halogens is 1. The predicted molar refractivity (Wildman–Crippen MR) is 98.6 cm³/mol. The highest BCUT2D eigenvalue weighted by molar-refractivity contribution is 5.92. The molecular formula is C20H27FN4O2. The van der Waals surface area contributed by atoms with E-state index >= 15 is 0 Å². The molecule has 0 radical (unpaired) electrons. The van der Waals surface area contributed by atoms with Gasteiger partial charge in [0.2, 0.25) is 5.91 Å². The van der Waals surface area contributed by atoms with E-state index in [1.54, 1.807) is 4.90 Å². The fraction of sp³-hybridized carbons (Fsp3) is 0.650. The fourth-order valence-corrected chi connectivity index (χ4v) is 4.20. The summed E-state index contributed by atoms with van der Waals surface area (Å²) >= 11 is 0. The minimum Gasteiger partial charge on any atom is -0.353 e. The molecule has 0 aromatic carbocycles. The van der Waals surface area contributed by atoms with Gasteiger partial charge >= 0.3 is 0 Å². The Kier molecular flexibility index (Phi) is 5.38. The number of nitrogens with zero attached hydrogens (tertiary/aromatic N) is 3. The van der Waals surface area contributed by atoms with Crippen molar-refractivity contribution in [1.82, 2.24) is 20.1 Å². The Morgan fingerprint density at radius 3 is 2.52 bits per heavy atom.